The van der Waals surface area contributed by atoms with E-state index in [9.17, 15) is 0 Å². The summed E-state index contributed by atoms with van der Waals surface area (Å²) in [6, 6.07) is 4.27. The maximum absolute atomic E-state index is 5.60. The largest absolute Gasteiger partial charge is 0.492 e. The van der Waals surface area contributed by atoms with Crippen molar-refractivity contribution in [3.8, 4) is 11.5 Å². The molecule has 1 aliphatic rings. The fourth-order valence-corrected chi connectivity index (χ4v) is 3.59. The molecule has 1 fully saturated rings. The zero-order valence-electron chi connectivity index (χ0n) is 14.1. The van der Waals surface area contributed by atoms with Gasteiger partial charge in [0.1, 0.15) is 0 Å². The lowest BCUT2D eigenvalue weighted by Crippen LogP contribution is -2.40. The summed E-state index contributed by atoms with van der Waals surface area (Å²) in [4.78, 5) is 0. The van der Waals surface area contributed by atoms with Crippen LogP contribution >= 0.6 is 28.1 Å². The monoisotopic (exact) mass is 413 g/mol. The van der Waals surface area contributed by atoms with E-state index in [0.29, 0.717) is 29.3 Å². The zero-order valence-corrected chi connectivity index (χ0v) is 16.5. The summed E-state index contributed by atoms with van der Waals surface area (Å²) in [6.45, 7) is 2.50. The van der Waals surface area contributed by atoms with Crippen LogP contribution in [0.25, 0.3) is 0 Å². The van der Waals surface area contributed by atoms with Gasteiger partial charge in [0.2, 0.25) is 0 Å². The van der Waals surface area contributed by atoms with E-state index in [1.165, 1.54) is 32.1 Å². The van der Waals surface area contributed by atoms with Gasteiger partial charge in [-0.1, -0.05) is 19.3 Å². The Bertz CT molecular complexity index is 589. The van der Waals surface area contributed by atoms with Crippen LogP contribution in [0.1, 0.15) is 44.6 Å². The number of rotatable bonds is 6. The Labute approximate surface area is 157 Å². The molecule has 0 bridgehead atoms. The normalized spacial score (nSPS) is 15.3. The summed E-state index contributed by atoms with van der Waals surface area (Å²) in [6.07, 6.45) is 7.92. The number of hydrogen-bond donors (Lipinski definition) is 2. The minimum absolute atomic E-state index is 0.466. The van der Waals surface area contributed by atoms with E-state index in [1.54, 1.807) is 13.3 Å². The van der Waals surface area contributed by atoms with E-state index in [0.717, 1.165) is 10.0 Å². The quantitative estimate of drug-likeness (QED) is 0.419. The van der Waals surface area contributed by atoms with Crippen molar-refractivity contribution < 1.29 is 9.47 Å². The first kappa shape index (κ1) is 19.0. The molecule has 0 aliphatic heterocycles. The van der Waals surface area contributed by atoms with Gasteiger partial charge in [-0.3, -0.25) is 5.43 Å². The molecule has 2 N–H and O–H groups in total. The van der Waals surface area contributed by atoms with Gasteiger partial charge in [-0.05, 0) is 65.6 Å². The zero-order chi connectivity index (χ0) is 17.4. The van der Waals surface area contributed by atoms with Crippen molar-refractivity contribution >= 4 is 39.5 Å². The van der Waals surface area contributed by atoms with Gasteiger partial charge >= 0.3 is 0 Å². The van der Waals surface area contributed by atoms with Crippen molar-refractivity contribution in [1.29, 1.82) is 0 Å². The van der Waals surface area contributed by atoms with Gasteiger partial charge < -0.3 is 14.8 Å². The Morgan fingerprint density at radius 2 is 2.12 bits per heavy atom. The second-order valence-corrected chi connectivity index (χ2v) is 6.91. The Morgan fingerprint density at radius 3 is 2.79 bits per heavy atom. The molecule has 0 unspecified atom stereocenters. The lowest BCUT2D eigenvalue weighted by molar-refractivity contribution is 0.310. The topological polar surface area (TPSA) is 54.9 Å². The number of ether oxygens (including phenoxy) is 2. The molecule has 132 valence electrons. The summed E-state index contributed by atoms with van der Waals surface area (Å²) in [5.41, 5.74) is 3.77. The van der Waals surface area contributed by atoms with Crippen LogP contribution in [0.4, 0.5) is 0 Å². The van der Waals surface area contributed by atoms with Gasteiger partial charge in [0.15, 0.2) is 16.6 Å². The van der Waals surface area contributed by atoms with Gasteiger partial charge in [-0.15, -0.1) is 0 Å². The third-order valence-corrected chi connectivity index (χ3v) is 4.65. The van der Waals surface area contributed by atoms with Gasteiger partial charge in [-0.2, -0.15) is 5.10 Å². The summed E-state index contributed by atoms with van der Waals surface area (Å²) >= 11 is 8.78. The first-order valence-corrected chi connectivity index (χ1v) is 9.44. The van der Waals surface area contributed by atoms with Crippen LogP contribution in [0.15, 0.2) is 21.7 Å². The van der Waals surface area contributed by atoms with Crippen LogP contribution < -0.4 is 20.2 Å². The molecule has 0 aromatic heterocycles. The smallest absolute Gasteiger partial charge is 0.187 e. The van der Waals surface area contributed by atoms with Crippen LogP contribution in [0, 0.1) is 0 Å². The lowest BCUT2D eigenvalue weighted by Gasteiger charge is -2.23. The van der Waals surface area contributed by atoms with Crippen LogP contribution in [0.2, 0.25) is 0 Å². The average Bonchev–Trinajstić information content (AvgIpc) is 2.56. The highest BCUT2D eigenvalue weighted by Gasteiger charge is 2.13. The van der Waals surface area contributed by atoms with E-state index in [4.69, 9.17) is 21.7 Å². The molecule has 24 heavy (non-hydrogen) atoms. The molecule has 0 spiro atoms. The SMILES string of the molecule is CCOc1cc(/C=N\NC(=S)NC2CCCCC2)cc(Br)c1OC. The van der Waals surface area contributed by atoms with E-state index in [2.05, 4.69) is 31.8 Å². The van der Waals surface area contributed by atoms with Gasteiger partial charge in [0, 0.05) is 6.04 Å². The van der Waals surface area contributed by atoms with E-state index in [1.807, 2.05) is 19.1 Å². The van der Waals surface area contributed by atoms with E-state index >= 15 is 0 Å². The summed E-state index contributed by atoms with van der Waals surface area (Å²) in [5.74, 6) is 1.36. The highest BCUT2D eigenvalue weighted by molar-refractivity contribution is 9.10. The second kappa shape index (κ2) is 9.84. The summed E-state index contributed by atoms with van der Waals surface area (Å²) < 4.78 is 11.8. The van der Waals surface area contributed by atoms with Crippen molar-refractivity contribution in [2.75, 3.05) is 13.7 Å². The molecule has 0 radical (unpaired) electrons. The number of nitrogens with zero attached hydrogens (tertiary/aromatic N) is 1. The molecule has 7 heteroatoms. The van der Waals surface area contributed by atoms with Crippen LogP contribution in [-0.4, -0.2) is 31.1 Å². The predicted molar refractivity (Wildman–Crippen MR) is 105 cm³/mol. The third-order valence-electron chi connectivity index (χ3n) is 3.86. The van der Waals surface area contributed by atoms with Gasteiger partial charge in [0.25, 0.3) is 0 Å². The summed E-state index contributed by atoms with van der Waals surface area (Å²) in [7, 11) is 1.62. The van der Waals surface area contributed by atoms with Gasteiger partial charge in [-0.25, -0.2) is 0 Å². The number of benzene rings is 1. The minimum Gasteiger partial charge on any atom is -0.492 e. The van der Waals surface area contributed by atoms with E-state index < -0.39 is 0 Å². The van der Waals surface area contributed by atoms with Crippen LogP contribution in [0.3, 0.4) is 0 Å². The molecule has 0 amide bonds. The first-order valence-electron chi connectivity index (χ1n) is 8.24. The number of hydrazone groups is 1. The van der Waals surface area contributed by atoms with Crippen molar-refractivity contribution in [3.05, 3.63) is 22.2 Å². The number of hydrogen-bond acceptors (Lipinski definition) is 4. The molecular weight excluding hydrogens is 390 g/mol. The van der Waals surface area contributed by atoms with Crippen molar-refractivity contribution in [2.45, 2.75) is 45.1 Å². The Morgan fingerprint density at radius 1 is 1.38 bits per heavy atom. The maximum Gasteiger partial charge on any atom is 0.187 e. The fraction of sp³-hybridized carbons (Fsp3) is 0.529. The highest BCUT2D eigenvalue weighted by Crippen LogP contribution is 2.36. The maximum atomic E-state index is 5.60. The predicted octanol–water partition coefficient (Wildman–Crippen LogP) is 3.99. The van der Waals surface area contributed by atoms with Gasteiger partial charge in [0.05, 0.1) is 24.4 Å². The molecule has 1 saturated carbocycles. The Hall–Kier alpha value is -1.34. The Kier molecular flexibility index (Phi) is 7.78. The standard InChI is InChI=1S/C17H24BrN3O2S/c1-3-23-15-10-12(9-14(18)16(15)22-2)11-19-21-17(24)20-13-7-5-4-6-8-13/h9-11,13H,3-8H2,1-2H3,(H2,20,21,24)/b19-11-. The molecule has 5 nitrogen and oxygen atoms in total. The molecule has 2 rings (SSSR count). The van der Waals surface area contributed by atoms with E-state index in [-0.39, 0.29) is 0 Å². The Balaban J connectivity index is 1.94. The summed E-state index contributed by atoms with van der Waals surface area (Å²) in [5, 5.41) is 8.09. The molecule has 0 saturated heterocycles. The minimum atomic E-state index is 0.466. The highest BCUT2D eigenvalue weighted by atomic mass is 79.9. The third kappa shape index (κ3) is 5.63. The molecular formula is C17H24BrN3O2S. The lowest BCUT2D eigenvalue weighted by atomic mass is 9.96. The number of nitrogens with one attached hydrogen (secondary N) is 2. The number of halogens is 1. The van der Waals surface area contributed by atoms with Crippen molar-refractivity contribution in [2.24, 2.45) is 5.10 Å². The first-order chi connectivity index (χ1) is 11.6. The van der Waals surface area contributed by atoms with Crippen molar-refractivity contribution in [3.63, 3.8) is 0 Å². The molecule has 1 aromatic carbocycles. The second-order valence-electron chi connectivity index (χ2n) is 5.65. The van der Waals surface area contributed by atoms with Crippen LogP contribution in [-0.2, 0) is 0 Å². The fourth-order valence-electron chi connectivity index (χ4n) is 2.75. The molecule has 1 aliphatic carbocycles. The number of thiocarbonyl (C=S) groups is 1. The van der Waals surface area contributed by atoms with Crippen molar-refractivity contribution in [1.82, 2.24) is 10.7 Å². The molecule has 0 atom stereocenters. The number of methoxy groups -OCH3 is 1. The molecule has 1 aromatic rings. The van der Waals surface area contributed by atoms with Crippen LogP contribution in [0.5, 0.6) is 11.5 Å². The average molecular weight is 414 g/mol. The molecule has 0 heterocycles.